The fourth-order valence-corrected chi connectivity index (χ4v) is 0.875. The zero-order chi connectivity index (χ0) is 9.56. The zero-order valence-corrected chi connectivity index (χ0v) is 7.41. The molecule has 2 atom stereocenters. The number of carboxylic acid groups (broad SMARTS) is 1. The van der Waals surface area contributed by atoms with Crippen LogP contribution in [0.2, 0.25) is 0 Å². The second-order valence-corrected chi connectivity index (χ2v) is 2.43. The normalized spacial score (nSPS) is 15.2. The van der Waals surface area contributed by atoms with E-state index in [9.17, 15) is 4.79 Å². The highest BCUT2D eigenvalue weighted by Crippen LogP contribution is 1.98. The maximum absolute atomic E-state index is 10.6. The van der Waals surface area contributed by atoms with Gasteiger partial charge in [0.2, 0.25) is 0 Å². The second-order valence-electron chi connectivity index (χ2n) is 2.43. The predicted octanol–water partition coefficient (Wildman–Crippen LogP) is 0.250. The molecule has 0 aliphatic heterocycles. The van der Waals surface area contributed by atoms with Gasteiger partial charge in [0.05, 0.1) is 12.7 Å². The van der Waals surface area contributed by atoms with Gasteiger partial charge in [-0.3, -0.25) is 4.79 Å². The van der Waals surface area contributed by atoms with E-state index in [2.05, 4.69) is 11.9 Å². The Morgan fingerprint density at radius 1 is 1.83 bits per heavy atom. The first-order chi connectivity index (χ1) is 5.63. The van der Waals surface area contributed by atoms with Crippen LogP contribution in [0.15, 0.2) is 12.7 Å². The van der Waals surface area contributed by atoms with Crippen molar-refractivity contribution in [1.29, 1.82) is 0 Å². The van der Waals surface area contributed by atoms with Gasteiger partial charge in [-0.05, 0) is 14.0 Å². The highest BCUT2D eigenvalue weighted by atomic mass is 16.5. The van der Waals surface area contributed by atoms with Crippen LogP contribution in [0.3, 0.4) is 0 Å². The average Bonchev–Trinajstić information content (AvgIpc) is 2.01. The summed E-state index contributed by atoms with van der Waals surface area (Å²) in [5.41, 5.74) is 0. The van der Waals surface area contributed by atoms with E-state index in [1.54, 1.807) is 20.0 Å². The number of aliphatic carboxylic acids is 1. The number of nitrogens with one attached hydrogen (secondary N) is 1. The number of rotatable bonds is 6. The number of ether oxygens (including phenoxy) is 1. The Morgan fingerprint density at radius 3 is 2.75 bits per heavy atom. The fraction of sp³-hybridized carbons (Fsp3) is 0.625. The molecule has 0 aliphatic rings. The number of carboxylic acids is 1. The van der Waals surface area contributed by atoms with Crippen molar-refractivity contribution >= 4 is 5.97 Å². The monoisotopic (exact) mass is 173 g/mol. The van der Waals surface area contributed by atoms with Crippen LogP contribution in [0.4, 0.5) is 0 Å². The lowest BCUT2D eigenvalue weighted by Gasteiger charge is -2.18. The largest absolute Gasteiger partial charge is 0.480 e. The summed E-state index contributed by atoms with van der Waals surface area (Å²) in [4.78, 5) is 10.6. The summed E-state index contributed by atoms with van der Waals surface area (Å²) < 4.78 is 5.14. The van der Waals surface area contributed by atoms with Gasteiger partial charge >= 0.3 is 5.97 Å². The Labute approximate surface area is 72.2 Å². The molecule has 0 radical (unpaired) electrons. The van der Waals surface area contributed by atoms with Gasteiger partial charge in [0.25, 0.3) is 0 Å². The molecule has 4 nitrogen and oxygen atoms in total. The van der Waals surface area contributed by atoms with E-state index in [-0.39, 0.29) is 6.10 Å². The third-order valence-electron chi connectivity index (χ3n) is 1.52. The summed E-state index contributed by atoms with van der Waals surface area (Å²) in [5, 5.41) is 11.3. The maximum atomic E-state index is 10.6. The van der Waals surface area contributed by atoms with Crippen LogP contribution in [0, 0.1) is 0 Å². The predicted molar refractivity (Wildman–Crippen MR) is 46.1 cm³/mol. The van der Waals surface area contributed by atoms with Crippen molar-refractivity contribution < 1.29 is 14.6 Å². The molecule has 12 heavy (non-hydrogen) atoms. The van der Waals surface area contributed by atoms with Gasteiger partial charge in [0, 0.05) is 0 Å². The van der Waals surface area contributed by atoms with E-state index in [0.717, 1.165) is 0 Å². The van der Waals surface area contributed by atoms with E-state index in [1.165, 1.54) is 0 Å². The molecule has 0 bridgehead atoms. The molecular formula is C8H15NO3. The van der Waals surface area contributed by atoms with Crippen LogP contribution in [-0.4, -0.2) is 36.9 Å². The van der Waals surface area contributed by atoms with Crippen molar-refractivity contribution in [2.24, 2.45) is 0 Å². The van der Waals surface area contributed by atoms with E-state index in [1.807, 2.05) is 0 Å². The van der Waals surface area contributed by atoms with Crippen molar-refractivity contribution in [3.63, 3.8) is 0 Å². The summed E-state index contributed by atoms with van der Waals surface area (Å²) in [6.45, 7) is 5.54. The number of likely N-dealkylation sites (N-methyl/N-ethyl adjacent to an activating group) is 1. The van der Waals surface area contributed by atoms with Gasteiger partial charge in [-0.15, -0.1) is 6.58 Å². The molecule has 0 heterocycles. The lowest BCUT2D eigenvalue weighted by molar-refractivity contribution is -0.143. The molecule has 0 rings (SSSR count). The quantitative estimate of drug-likeness (QED) is 0.565. The van der Waals surface area contributed by atoms with Gasteiger partial charge in [-0.2, -0.15) is 0 Å². The Bertz CT molecular complexity index is 158. The summed E-state index contributed by atoms with van der Waals surface area (Å²) in [6.07, 6.45) is 1.23. The van der Waals surface area contributed by atoms with Crippen LogP contribution >= 0.6 is 0 Å². The Morgan fingerprint density at radius 2 is 2.42 bits per heavy atom. The smallest absolute Gasteiger partial charge is 0.323 e. The zero-order valence-electron chi connectivity index (χ0n) is 7.41. The maximum Gasteiger partial charge on any atom is 0.323 e. The molecular weight excluding hydrogens is 158 g/mol. The minimum absolute atomic E-state index is 0.356. The minimum atomic E-state index is -0.908. The van der Waals surface area contributed by atoms with Gasteiger partial charge in [0.1, 0.15) is 6.04 Å². The molecule has 0 aromatic carbocycles. The van der Waals surface area contributed by atoms with Crippen LogP contribution in [-0.2, 0) is 9.53 Å². The topological polar surface area (TPSA) is 58.6 Å². The minimum Gasteiger partial charge on any atom is -0.480 e. The first kappa shape index (κ1) is 11.1. The summed E-state index contributed by atoms with van der Waals surface area (Å²) in [5.74, 6) is -0.908. The third-order valence-corrected chi connectivity index (χ3v) is 1.52. The van der Waals surface area contributed by atoms with Crippen LogP contribution in [0.5, 0.6) is 0 Å². The molecule has 0 aliphatic carbocycles. The third kappa shape index (κ3) is 3.50. The molecule has 0 saturated carbocycles. The summed E-state index contributed by atoms with van der Waals surface area (Å²) in [6, 6.07) is -0.662. The molecule has 4 heteroatoms. The summed E-state index contributed by atoms with van der Waals surface area (Å²) in [7, 11) is 1.59. The van der Waals surface area contributed by atoms with Crippen molar-refractivity contribution in [1.82, 2.24) is 5.32 Å². The van der Waals surface area contributed by atoms with Crippen molar-refractivity contribution in [2.45, 2.75) is 19.1 Å². The van der Waals surface area contributed by atoms with Gasteiger partial charge in [0.15, 0.2) is 0 Å². The van der Waals surface area contributed by atoms with Gasteiger partial charge < -0.3 is 15.2 Å². The Kier molecular flexibility index (Phi) is 5.32. The number of hydrogen-bond donors (Lipinski definition) is 2. The lowest BCUT2D eigenvalue weighted by Crippen LogP contribution is -2.44. The second kappa shape index (κ2) is 5.74. The highest BCUT2D eigenvalue weighted by Gasteiger charge is 2.22. The summed E-state index contributed by atoms with van der Waals surface area (Å²) >= 11 is 0. The highest BCUT2D eigenvalue weighted by molar-refractivity contribution is 5.74. The fourth-order valence-electron chi connectivity index (χ4n) is 0.875. The van der Waals surface area contributed by atoms with E-state index in [0.29, 0.717) is 6.61 Å². The van der Waals surface area contributed by atoms with Gasteiger partial charge in [-0.1, -0.05) is 6.08 Å². The van der Waals surface area contributed by atoms with E-state index < -0.39 is 12.0 Å². The average molecular weight is 173 g/mol. The molecule has 0 aromatic rings. The molecule has 0 fully saturated rings. The van der Waals surface area contributed by atoms with Crippen molar-refractivity contribution in [3.8, 4) is 0 Å². The van der Waals surface area contributed by atoms with Crippen LogP contribution < -0.4 is 5.32 Å². The first-order valence-electron chi connectivity index (χ1n) is 3.76. The van der Waals surface area contributed by atoms with Crippen LogP contribution in [0.1, 0.15) is 6.92 Å². The molecule has 70 valence electrons. The standard InChI is InChI=1S/C8H15NO3/c1-4-5-12-6(2)7(9-3)8(10)11/h4,6-7,9H,1,5H2,2-3H3,(H,10,11)/t6-,7+/m1/s1. The SMILES string of the molecule is C=CCO[C@H](C)[C@H](NC)C(=O)O. The molecule has 0 unspecified atom stereocenters. The van der Waals surface area contributed by atoms with E-state index >= 15 is 0 Å². The lowest BCUT2D eigenvalue weighted by atomic mass is 10.2. The first-order valence-corrected chi connectivity index (χ1v) is 3.76. The molecule has 0 amide bonds. The molecule has 0 spiro atoms. The molecule has 2 N–H and O–H groups in total. The molecule has 0 aromatic heterocycles. The van der Waals surface area contributed by atoms with E-state index in [4.69, 9.17) is 9.84 Å². The van der Waals surface area contributed by atoms with Crippen molar-refractivity contribution in [2.75, 3.05) is 13.7 Å². The van der Waals surface area contributed by atoms with Crippen LogP contribution in [0.25, 0.3) is 0 Å². The number of carbonyl (C=O) groups is 1. The Balaban J connectivity index is 3.93. The van der Waals surface area contributed by atoms with Gasteiger partial charge in [-0.25, -0.2) is 0 Å². The van der Waals surface area contributed by atoms with Crippen molar-refractivity contribution in [3.05, 3.63) is 12.7 Å². The Hall–Kier alpha value is -0.870. The number of hydrogen-bond acceptors (Lipinski definition) is 3. The molecule has 0 saturated heterocycles.